The number of hydrogen-bond acceptors (Lipinski definition) is 4. The van der Waals surface area contributed by atoms with Gasteiger partial charge in [-0.05, 0) is 18.2 Å². The Morgan fingerprint density at radius 3 is 3.00 bits per heavy atom. The molecule has 0 saturated heterocycles. The topological polar surface area (TPSA) is 91.2 Å². The molecular weight excluding hydrogens is 258 g/mol. The molecule has 0 spiro atoms. The first kappa shape index (κ1) is 12.4. The molecule has 0 aliphatic carbocycles. The number of amides is 1. The van der Waals surface area contributed by atoms with E-state index in [0.717, 1.165) is 10.9 Å². The van der Waals surface area contributed by atoms with Crippen LogP contribution in [0.5, 0.6) is 0 Å². The Morgan fingerprint density at radius 1 is 1.35 bits per heavy atom. The van der Waals surface area contributed by atoms with E-state index in [-0.39, 0.29) is 12.5 Å². The molecule has 3 aromatic rings. The Labute approximate surface area is 114 Å². The number of aliphatic hydroxyl groups is 1. The van der Waals surface area contributed by atoms with Gasteiger partial charge in [-0.15, -0.1) is 0 Å². The monoisotopic (exact) mass is 271 g/mol. The van der Waals surface area contributed by atoms with Gasteiger partial charge in [0, 0.05) is 5.39 Å². The molecule has 0 bridgehead atoms. The summed E-state index contributed by atoms with van der Waals surface area (Å²) in [5, 5.41) is 20.0. The minimum absolute atomic E-state index is 0.0630. The van der Waals surface area contributed by atoms with Crippen molar-refractivity contribution in [3.8, 4) is 0 Å². The minimum atomic E-state index is -0.876. The van der Waals surface area contributed by atoms with Crippen molar-refractivity contribution < 1.29 is 14.3 Å². The van der Waals surface area contributed by atoms with E-state index in [1.807, 2.05) is 24.3 Å². The molecule has 0 fully saturated rings. The van der Waals surface area contributed by atoms with Crippen LogP contribution < -0.4 is 5.32 Å². The van der Waals surface area contributed by atoms with Crippen LogP contribution in [0.2, 0.25) is 0 Å². The molecule has 6 nitrogen and oxygen atoms in total. The number of aliphatic hydroxyl groups excluding tert-OH is 1. The van der Waals surface area contributed by atoms with E-state index in [1.165, 1.54) is 6.26 Å². The van der Waals surface area contributed by atoms with Crippen molar-refractivity contribution in [2.45, 2.75) is 6.10 Å². The van der Waals surface area contributed by atoms with Crippen LogP contribution >= 0.6 is 0 Å². The van der Waals surface area contributed by atoms with Crippen LogP contribution in [0.25, 0.3) is 10.9 Å². The molecular formula is C14H13N3O3. The molecule has 2 heterocycles. The third-order valence-electron chi connectivity index (χ3n) is 3.01. The van der Waals surface area contributed by atoms with Crippen LogP contribution in [0.15, 0.2) is 47.1 Å². The SMILES string of the molecule is O=C(NCC(O)c1ccco1)c1n[nH]c2ccccc12. The molecule has 0 aliphatic rings. The van der Waals surface area contributed by atoms with Crippen molar-refractivity contribution in [1.29, 1.82) is 0 Å². The van der Waals surface area contributed by atoms with E-state index >= 15 is 0 Å². The first-order valence-electron chi connectivity index (χ1n) is 6.18. The van der Waals surface area contributed by atoms with Gasteiger partial charge in [0.1, 0.15) is 11.9 Å². The summed E-state index contributed by atoms with van der Waals surface area (Å²) in [7, 11) is 0. The maximum atomic E-state index is 12.1. The Bertz CT molecular complexity index is 718. The van der Waals surface area contributed by atoms with Crippen molar-refractivity contribution in [3.63, 3.8) is 0 Å². The highest BCUT2D eigenvalue weighted by molar-refractivity contribution is 6.04. The first-order chi connectivity index (χ1) is 9.75. The van der Waals surface area contributed by atoms with Crippen LogP contribution in [0.1, 0.15) is 22.4 Å². The van der Waals surface area contributed by atoms with E-state index in [9.17, 15) is 9.90 Å². The number of fused-ring (bicyclic) bond motifs is 1. The average Bonchev–Trinajstić information content (AvgIpc) is 3.13. The Balaban J connectivity index is 1.70. The quantitative estimate of drug-likeness (QED) is 0.672. The highest BCUT2D eigenvalue weighted by atomic mass is 16.4. The molecule has 2 aromatic heterocycles. The van der Waals surface area contributed by atoms with Gasteiger partial charge in [-0.1, -0.05) is 18.2 Å². The number of carbonyl (C=O) groups excluding carboxylic acids is 1. The second kappa shape index (κ2) is 5.18. The third kappa shape index (κ3) is 2.28. The zero-order valence-corrected chi connectivity index (χ0v) is 10.5. The summed E-state index contributed by atoms with van der Waals surface area (Å²) < 4.78 is 5.07. The molecule has 102 valence electrons. The predicted octanol–water partition coefficient (Wildman–Crippen LogP) is 1.62. The largest absolute Gasteiger partial charge is 0.467 e. The van der Waals surface area contributed by atoms with Gasteiger partial charge >= 0.3 is 0 Å². The van der Waals surface area contributed by atoms with Crippen molar-refractivity contribution in [2.75, 3.05) is 6.54 Å². The maximum Gasteiger partial charge on any atom is 0.272 e. The van der Waals surface area contributed by atoms with E-state index < -0.39 is 6.10 Å². The van der Waals surface area contributed by atoms with Gasteiger partial charge in [0.05, 0.1) is 18.3 Å². The normalized spacial score (nSPS) is 12.4. The van der Waals surface area contributed by atoms with E-state index in [2.05, 4.69) is 15.5 Å². The van der Waals surface area contributed by atoms with Gasteiger partial charge in [0.2, 0.25) is 0 Å². The highest BCUT2D eigenvalue weighted by Gasteiger charge is 2.16. The number of rotatable bonds is 4. The molecule has 3 rings (SSSR count). The zero-order valence-electron chi connectivity index (χ0n) is 10.5. The molecule has 0 aliphatic heterocycles. The molecule has 0 radical (unpaired) electrons. The van der Waals surface area contributed by atoms with Crippen LogP contribution in [-0.2, 0) is 0 Å². The number of carbonyl (C=O) groups is 1. The summed E-state index contributed by atoms with van der Waals surface area (Å²) in [6.45, 7) is 0.0630. The molecule has 20 heavy (non-hydrogen) atoms. The summed E-state index contributed by atoms with van der Waals surface area (Å²) in [6, 6.07) is 10.7. The van der Waals surface area contributed by atoms with E-state index in [4.69, 9.17) is 4.42 Å². The van der Waals surface area contributed by atoms with Gasteiger partial charge in [-0.3, -0.25) is 9.89 Å². The lowest BCUT2D eigenvalue weighted by molar-refractivity contribution is 0.0898. The number of benzene rings is 1. The fourth-order valence-corrected chi connectivity index (χ4v) is 1.99. The zero-order chi connectivity index (χ0) is 13.9. The third-order valence-corrected chi connectivity index (χ3v) is 3.01. The number of para-hydroxylation sites is 1. The van der Waals surface area contributed by atoms with Crippen molar-refractivity contribution in [3.05, 3.63) is 54.1 Å². The summed E-state index contributed by atoms with van der Waals surface area (Å²) >= 11 is 0. The second-order valence-electron chi connectivity index (χ2n) is 4.36. The van der Waals surface area contributed by atoms with Crippen LogP contribution in [0.3, 0.4) is 0 Å². The molecule has 0 saturated carbocycles. The predicted molar refractivity (Wildman–Crippen MR) is 72.1 cm³/mol. The van der Waals surface area contributed by atoms with Crippen LogP contribution in [0.4, 0.5) is 0 Å². The van der Waals surface area contributed by atoms with E-state index in [1.54, 1.807) is 12.1 Å². The molecule has 3 N–H and O–H groups in total. The van der Waals surface area contributed by atoms with Crippen molar-refractivity contribution >= 4 is 16.8 Å². The average molecular weight is 271 g/mol. The number of hydrogen-bond donors (Lipinski definition) is 3. The lowest BCUT2D eigenvalue weighted by Gasteiger charge is -2.08. The Morgan fingerprint density at radius 2 is 2.20 bits per heavy atom. The summed E-state index contributed by atoms with van der Waals surface area (Å²) in [5.74, 6) is 0.0743. The minimum Gasteiger partial charge on any atom is -0.467 e. The lowest BCUT2D eigenvalue weighted by atomic mass is 10.2. The molecule has 1 amide bonds. The lowest BCUT2D eigenvalue weighted by Crippen LogP contribution is -2.28. The van der Waals surface area contributed by atoms with Crippen molar-refractivity contribution in [1.82, 2.24) is 15.5 Å². The van der Waals surface area contributed by atoms with Gasteiger partial charge in [-0.25, -0.2) is 0 Å². The summed E-state index contributed by atoms with van der Waals surface area (Å²) in [5.41, 5.74) is 1.11. The Hall–Kier alpha value is -2.60. The molecule has 1 unspecified atom stereocenters. The fraction of sp³-hybridized carbons (Fsp3) is 0.143. The highest BCUT2D eigenvalue weighted by Crippen LogP contribution is 2.16. The molecule has 6 heteroatoms. The van der Waals surface area contributed by atoms with E-state index in [0.29, 0.717) is 11.5 Å². The Kier molecular flexibility index (Phi) is 3.22. The first-order valence-corrected chi connectivity index (χ1v) is 6.18. The number of aromatic nitrogens is 2. The number of aromatic amines is 1. The number of nitrogens with zero attached hydrogens (tertiary/aromatic N) is 1. The van der Waals surface area contributed by atoms with Crippen LogP contribution in [-0.4, -0.2) is 27.8 Å². The molecule has 1 atom stereocenters. The van der Waals surface area contributed by atoms with Gasteiger partial charge in [-0.2, -0.15) is 5.10 Å². The summed E-state index contributed by atoms with van der Waals surface area (Å²) in [4.78, 5) is 12.1. The number of furan rings is 1. The van der Waals surface area contributed by atoms with Gasteiger partial charge < -0.3 is 14.8 Å². The number of H-pyrrole nitrogens is 1. The number of nitrogens with one attached hydrogen (secondary N) is 2. The standard InChI is InChI=1S/C14H13N3O3/c18-11(12-6-3-7-20-12)8-15-14(19)13-9-4-1-2-5-10(9)16-17-13/h1-7,11,18H,8H2,(H,15,19)(H,16,17). The van der Waals surface area contributed by atoms with Crippen LogP contribution in [0, 0.1) is 0 Å². The second-order valence-corrected chi connectivity index (χ2v) is 4.36. The molecule has 1 aromatic carbocycles. The van der Waals surface area contributed by atoms with Gasteiger partial charge in [0.15, 0.2) is 5.69 Å². The summed E-state index contributed by atoms with van der Waals surface area (Å²) in [6.07, 6.45) is 0.598. The maximum absolute atomic E-state index is 12.1. The fourth-order valence-electron chi connectivity index (χ4n) is 1.99. The smallest absolute Gasteiger partial charge is 0.272 e. The van der Waals surface area contributed by atoms with Crippen molar-refractivity contribution in [2.24, 2.45) is 0 Å². The van der Waals surface area contributed by atoms with Gasteiger partial charge in [0.25, 0.3) is 5.91 Å².